The fourth-order valence-electron chi connectivity index (χ4n) is 20.0. The lowest BCUT2D eigenvalue weighted by molar-refractivity contribution is 0.0516. The van der Waals surface area contributed by atoms with E-state index in [0.717, 1.165) is 134 Å². The molecule has 1 aliphatic heterocycles. The molecule has 6 N–H and O–H groups in total. The summed E-state index contributed by atoms with van der Waals surface area (Å²) in [6.07, 6.45) is -0.208. The zero-order valence-corrected chi connectivity index (χ0v) is 74.3. The third-order valence-electron chi connectivity index (χ3n) is 23.5. The fourth-order valence-corrected chi connectivity index (χ4v) is 20.0. The predicted octanol–water partition coefficient (Wildman–Crippen LogP) is 22.1. The molecule has 12 aromatic rings. The first kappa shape index (κ1) is 85.7. The van der Waals surface area contributed by atoms with Gasteiger partial charge < -0.3 is 58.3 Å². The van der Waals surface area contributed by atoms with E-state index in [9.17, 15) is 0 Å². The largest absolute Gasteiger partial charge is 0.462 e. The number of rotatable bonds is 18. The number of aromatic amines is 6. The zero-order valence-electron chi connectivity index (χ0n) is 74.3. The van der Waals surface area contributed by atoms with E-state index in [1.165, 1.54) is 0 Å². The van der Waals surface area contributed by atoms with E-state index in [1.54, 1.807) is 41.5 Å². The Kier molecular flexibility index (Phi) is 24.7. The van der Waals surface area contributed by atoms with Crippen molar-refractivity contribution in [1.29, 1.82) is 0 Å². The molecule has 0 amide bonds. The quantitative estimate of drug-likeness (QED) is 0.0347. The predicted molar refractivity (Wildman–Crippen MR) is 475 cm³/mol. The van der Waals surface area contributed by atoms with Gasteiger partial charge in [0.15, 0.2) is 0 Å². The third kappa shape index (κ3) is 16.0. The van der Waals surface area contributed by atoms with Crippen LogP contribution in [0, 0.1) is 125 Å². The van der Waals surface area contributed by atoms with Gasteiger partial charge in [-0.05, 0) is 266 Å². The maximum absolute atomic E-state index is 16.0. The smallest absolute Gasteiger partial charge is 0.340 e. The average molecular weight is 1620 g/mol. The Morgan fingerprint density at radius 3 is 0.400 bits per heavy atom. The highest BCUT2D eigenvalue weighted by molar-refractivity contribution is 6.07. The van der Waals surface area contributed by atoms with Gasteiger partial charge in [0.2, 0.25) is 0 Å². The topological polar surface area (TPSA) is 253 Å². The van der Waals surface area contributed by atoms with Crippen LogP contribution in [0.4, 0.5) is 0 Å². The van der Waals surface area contributed by atoms with Gasteiger partial charge in [-0.15, -0.1) is 0 Å². The van der Waals surface area contributed by atoms with Crippen molar-refractivity contribution in [3.05, 3.63) is 275 Å². The molecule has 0 fully saturated rings. The minimum Gasteiger partial charge on any atom is -0.462 e. The van der Waals surface area contributed by atoms with Crippen LogP contribution in [0.1, 0.15) is 272 Å². The van der Waals surface area contributed by atoms with Gasteiger partial charge in [0.25, 0.3) is 0 Å². The number of carbonyl (C=O) groups is 6. The lowest BCUT2D eigenvalue weighted by Gasteiger charge is -2.17. The number of H-pyrrole nitrogens is 6. The van der Waals surface area contributed by atoms with E-state index in [1.807, 2.05) is 125 Å². The zero-order chi connectivity index (χ0) is 86.6. The van der Waals surface area contributed by atoms with Crippen LogP contribution >= 0.6 is 0 Å². The van der Waals surface area contributed by atoms with Crippen LogP contribution in [-0.2, 0) is 66.9 Å². The molecule has 0 saturated carbocycles. The minimum absolute atomic E-state index is 0.0274. The van der Waals surface area contributed by atoms with Crippen LogP contribution in [-0.4, -0.2) is 105 Å². The molecular weight excluding hydrogens is 1500 g/mol. The Bertz CT molecular complexity index is 5080. The van der Waals surface area contributed by atoms with Gasteiger partial charge in [0.1, 0.15) is 0 Å². The molecule has 6 aromatic heterocycles. The van der Waals surface area contributed by atoms with Gasteiger partial charge in [-0.25, -0.2) is 28.8 Å². The Labute approximate surface area is 704 Å². The number of fused-ring (bicyclic) bond motifs is 12. The molecule has 0 unspecified atom stereocenters. The summed E-state index contributed by atoms with van der Waals surface area (Å²) in [5, 5.41) is 0. The summed E-state index contributed by atoms with van der Waals surface area (Å²) in [7, 11) is 0. The fraction of sp³-hybridized carbons (Fsp3) is 0.353. The lowest BCUT2D eigenvalue weighted by atomic mass is 9.87. The summed E-state index contributed by atoms with van der Waals surface area (Å²) in [6, 6.07) is 25.2. The Hall–Kier alpha value is -12.2. The van der Waals surface area contributed by atoms with E-state index in [0.29, 0.717) is 102 Å². The van der Waals surface area contributed by atoms with Gasteiger partial charge in [-0.1, -0.05) is 106 Å². The third-order valence-corrected chi connectivity index (χ3v) is 23.5. The normalized spacial score (nSPS) is 12.2. The highest BCUT2D eigenvalue weighted by Gasteiger charge is 2.40. The first-order valence-corrected chi connectivity index (χ1v) is 42.1. The van der Waals surface area contributed by atoms with Crippen molar-refractivity contribution in [2.45, 2.75) is 205 Å². The summed E-state index contributed by atoms with van der Waals surface area (Å²) in [4.78, 5) is 119. The van der Waals surface area contributed by atoms with Crippen LogP contribution in [0.25, 0.3) is 66.8 Å². The van der Waals surface area contributed by atoms with E-state index in [2.05, 4.69) is 103 Å². The molecule has 0 spiro atoms. The first-order chi connectivity index (χ1) is 57.1. The molecule has 7 heterocycles. The second-order valence-corrected chi connectivity index (χ2v) is 33.0. The molecular formula is C102H114N6O12. The lowest BCUT2D eigenvalue weighted by Crippen LogP contribution is -2.11. The number of hydrogen-bond acceptors (Lipinski definition) is 12. The van der Waals surface area contributed by atoms with Crippen molar-refractivity contribution in [1.82, 2.24) is 29.9 Å². The summed E-state index contributed by atoms with van der Waals surface area (Å²) < 4.78 is 37.7. The number of aryl methyl sites for hydroxylation is 18. The molecule has 18 nitrogen and oxygen atoms in total. The number of ether oxygens (including phenoxy) is 6. The SMILES string of the molecule is CCOC(=O)c1c2[nH]c(c1-c1c(C)cc(C)cc1C)Cc1[nH]c(c(-c3c(C)cc(C)cc3C)c1C(=O)OCC)Cc1[nH]c(c(-c3c(C)cc(C)cc3C)c1C(=O)OCC)Cc1[nH]c(c(-c3c(C)cc(C)cc3C)c1C(=O)OCC)Cc1[nH]c(c(-c3c(C)cc(C)cc3C)c1C(=O)OCC)Cc1[nH]c(c(-c3c(C)cc(C)cc3C)c1C(=O)OCC)C2. The van der Waals surface area contributed by atoms with Gasteiger partial charge in [-0.3, -0.25) is 0 Å². The van der Waals surface area contributed by atoms with E-state index in [-0.39, 0.29) is 112 Å². The number of nitrogens with one attached hydrogen (secondary N) is 6. The van der Waals surface area contributed by atoms with Gasteiger partial charge >= 0.3 is 35.8 Å². The molecule has 624 valence electrons. The number of hydrogen-bond donors (Lipinski definition) is 6. The number of carbonyl (C=O) groups excluding carboxylic acids is 6. The summed E-state index contributed by atoms with van der Waals surface area (Å²) in [5.41, 5.74) is 32.1. The monoisotopic (exact) mass is 1610 g/mol. The summed E-state index contributed by atoms with van der Waals surface area (Å²) in [5.74, 6) is -3.61. The van der Waals surface area contributed by atoms with Crippen molar-refractivity contribution in [2.75, 3.05) is 39.6 Å². The second kappa shape index (κ2) is 34.6. The highest BCUT2D eigenvalue weighted by atomic mass is 16.6. The van der Waals surface area contributed by atoms with Crippen molar-refractivity contribution in [3.63, 3.8) is 0 Å². The number of benzene rings is 6. The molecule has 120 heavy (non-hydrogen) atoms. The van der Waals surface area contributed by atoms with E-state index in [4.69, 9.17) is 28.4 Å². The van der Waals surface area contributed by atoms with Crippen LogP contribution in [0.3, 0.4) is 0 Å². The van der Waals surface area contributed by atoms with Crippen LogP contribution in [0.15, 0.2) is 72.8 Å². The maximum atomic E-state index is 16.0. The first-order valence-electron chi connectivity index (χ1n) is 42.1. The molecule has 0 radical (unpaired) electrons. The standard InChI is InChI=1S/C102H114N6O12/c1-25-115-97(109)91-73-43-68-86(80-57(15)33-50(8)34-58(80)16)93(99(111)117-27-3)75(104-68)45-70-88(82-61(19)37-52(10)38-62(82)20)95(101(113)119-29-5)77(106-70)47-72-90(84-65(23)41-54(12)42-66(84)24)96(102(114)120-30-6)78(108-72)48-71-89(83-63(21)39-53(11)40-64(83)22)94(100(112)118-28-4)76(107-71)46-69-87(81-59(17)35-51(9)36-60(81)18)92(98(110)116-26-2)74(105-69)44-67(103-73)85(91)79-55(13)31-49(7)32-56(79)14/h31-42,103-108H,25-30,43-48H2,1-24H3. The van der Waals surface area contributed by atoms with Crippen LogP contribution < -0.4 is 0 Å². The number of aromatic nitrogens is 6. The van der Waals surface area contributed by atoms with Crippen molar-refractivity contribution < 1.29 is 57.2 Å². The van der Waals surface area contributed by atoms with E-state index < -0.39 is 35.8 Å². The molecule has 0 aliphatic carbocycles. The Morgan fingerprint density at radius 1 is 0.192 bits per heavy atom. The van der Waals surface area contributed by atoms with Gasteiger partial charge in [0.05, 0.1) is 73.0 Å². The maximum Gasteiger partial charge on any atom is 0.340 e. The minimum atomic E-state index is -0.602. The highest BCUT2D eigenvalue weighted by Crippen LogP contribution is 2.49. The van der Waals surface area contributed by atoms with Gasteiger partial charge in [0, 0.05) is 140 Å². The van der Waals surface area contributed by atoms with Crippen molar-refractivity contribution in [2.24, 2.45) is 0 Å². The molecule has 0 atom stereocenters. The van der Waals surface area contributed by atoms with Gasteiger partial charge in [-0.2, -0.15) is 0 Å². The molecule has 6 aromatic carbocycles. The molecule has 1 aliphatic rings. The van der Waals surface area contributed by atoms with Crippen LogP contribution in [0.2, 0.25) is 0 Å². The Morgan fingerprint density at radius 2 is 0.300 bits per heavy atom. The molecule has 13 rings (SSSR count). The van der Waals surface area contributed by atoms with Crippen LogP contribution in [0.5, 0.6) is 0 Å². The molecule has 12 bridgehead atoms. The van der Waals surface area contributed by atoms with E-state index >= 15 is 28.8 Å². The number of esters is 6. The molecule has 18 heteroatoms. The Balaban J connectivity index is 1.27. The van der Waals surface area contributed by atoms with Crippen molar-refractivity contribution in [3.8, 4) is 66.8 Å². The summed E-state index contributed by atoms with van der Waals surface area (Å²) >= 11 is 0. The van der Waals surface area contributed by atoms with Crippen molar-refractivity contribution >= 4 is 35.8 Å². The summed E-state index contributed by atoms with van der Waals surface area (Å²) in [6.45, 7) is 47.5. The average Bonchev–Trinajstić information content (AvgIpc) is 1.58. The molecule has 0 saturated heterocycles. The second-order valence-electron chi connectivity index (χ2n) is 33.0.